The van der Waals surface area contributed by atoms with Crippen molar-refractivity contribution in [3.8, 4) is 0 Å². The Labute approximate surface area is 810 Å². The second-order valence-electron chi connectivity index (χ2n) is 35.9. The summed E-state index contributed by atoms with van der Waals surface area (Å²) in [6.45, 7) is 18.2. The van der Waals surface area contributed by atoms with Crippen molar-refractivity contribution in [2.45, 2.75) is 643 Å². The van der Waals surface area contributed by atoms with Gasteiger partial charge in [-0.05, 0) is 0 Å². The van der Waals surface area contributed by atoms with E-state index in [0.717, 1.165) is 23.0 Å². The molecule has 0 bridgehead atoms. The van der Waals surface area contributed by atoms with Crippen molar-refractivity contribution in [1.29, 1.82) is 0 Å². The van der Waals surface area contributed by atoms with Gasteiger partial charge in [-0.3, -0.25) is 0 Å². The van der Waals surface area contributed by atoms with Crippen LogP contribution in [-0.2, 0) is 60.0 Å². The first-order chi connectivity index (χ1) is 58.7. The topological polar surface area (TPSA) is 46.5 Å². The van der Waals surface area contributed by atoms with Crippen LogP contribution in [0.5, 0.6) is 0 Å². The quantitative estimate of drug-likeness (QED) is 0.0140. The number of unbranched alkanes of at least 4 members (excludes halogenated alkanes) is 80. The van der Waals surface area contributed by atoms with E-state index in [1.54, 1.807) is 43.4 Å². The van der Waals surface area contributed by atoms with Crippen molar-refractivity contribution >= 4 is 124 Å². The predicted molar refractivity (Wildman–Crippen MR) is 571 cm³/mol. The predicted octanol–water partition coefficient (Wildman–Crippen LogP) is 39.4. The Hall–Kier alpha value is 3.13. The van der Waals surface area contributed by atoms with Crippen LogP contribution in [0.2, 0.25) is 17.7 Å². The van der Waals surface area contributed by atoms with Gasteiger partial charge >= 0.3 is 248 Å². The molecule has 11 heteroatoms. The first-order valence-electron chi connectivity index (χ1n) is 54.5. The second kappa shape index (κ2) is 144. The molecule has 0 amide bonds. The van der Waals surface area contributed by atoms with Gasteiger partial charge < -0.3 is 60.4 Å². The van der Waals surface area contributed by atoms with E-state index in [9.17, 15) is 4.79 Å². The van der Waals surface area contributed by atoms with E-state index >= 15 is 0 Å². The van der Waals surface area contributed by atoms with Gasteiger partial charge in [-0.25, -0.2) is 4.79 Å². The van der Waals surface area contributed by atoms with Crippen LogP contribution in [0.15, 0.2) is 0 Å². The normalized spacial score (nSPS) is 10.9. The van der Waals surface area contributed by atoms with Crippen molar-refractivity contribution in [3.63, 3.8) is 0 Å². The average molecular weight is 2000 g/mol. The minimum absolute atomic E-state index is 0.0104. The molecule has 2 radical (unpaired) electrons. The molecule has 0 heterocycles. The first kappa shape index (κ1) is 135. The number of rotatable bonds is 95. The SMILES string of the molecule is CCCCCCCCCCCCCCCCCC[S-].CCCCCCCCCCCCCCCCCC[S-].CCCCCCCCCCCCCCCCCC[S-].CCCCCCCCCCCCCCCCCC[S-].CCCCCCC[CH2][Sn+2][CH2]CCCCCCC.CCCCCCC[CH2][Sn][CH2]CCCCCCC.O=C(OCCO)C(S)S. The second-order valence-corrected chi connectivity index (χ2v) is 47.5. The fourth-order valence-electron chi connectivity index (χ4n) is 15.2. The number of hydrogen-bond donors (Lipinski definition) is 3. The molecule has 3 nitrogen and oxygen atoms in total. The molecule has 1 N–H and O–H groups in total. The number of ether oxygens (including phenoxy) is 1. The molecule has 0 rings (SSSR count). The number of carbonyl (C=O) groups excluding carboxylic acids is 1. The summed E-state index contributed by atoms with van der Waals surface area (Å²) in [5, 5.41) is 8.17. The van der Waals surface area contributed by atoms with Gasteiger partial charge in [-0.2, -0.15) is 48.3 Å². The van der Waals surface area contributed by atoms with Crippen molar-refractivity contribution in [1.82, 2.24) is 0 Å². The van der Waals surface area contributed by atoms with Gasteiger partial charge in [0, 0.05) is 0 Å². The zero-order valence-corrected chi connectivity index (χ0v) is 93.9. The maximum atomic E-state index is 10.4. The fraction of sp³-hybridized carbons (Fsp3) is 0.991. The van der Waals surface area contributed by atoms with Gasteiger partial charge in [0.15, 0.2) is 0 Å². The van der Waals surface area contributed by atoms with Gasteiger partial charge in [0.1, 0.15) is 11.2 Å². The van der Waals surface area contributed by atoms with Crippen LogP contribution in [-0.4, -0.2) is 94.2 Å². The molecule has 0 fully saturated rings. The molecule has 119 heavy (non-hydrogen) atoms. The average Bonchev–Trinajstić information content (AvgIpc) is 1.03. The van der Waals surface area contributed by atoms with Crippen LogP contribution in [0.1, 0.15) is 620 Å². The number of thiol groups is 2. The third-order valence-corrected chi connectivity index (χ3v) is 33.0. The molecule has 0 atom stereocenters. The molecular weight excluding hydrogens is 1780 g/mol. The molecular formula is C108H224O3S6Sn2-2. The molecule has 0 aliphatic heterocycles. The zero-order chi connectivity index (χ0) is 88.6. The maximum Gasteiger partial charge on any atom is 0.328 e. The van der Waals surface area contributed by atoms with E-state index < -0.39 is 10.6 Å². The van der Waals surface area contributed by atoms with Gasteiger partial charge in [0.05, 0.1) is 6.61 Å². The van der Waals surface area contributed by atoms with Crippen LogP contribution < -0.4 is 0 Å². The largest absolute Gasteiger partial charge is 0.462 e. The molecule has 0 aliphatic carbocycles. The van der Waals surface area contributed by atoms with Gasteiger partial charge in [0.2, 0.25) is 0 Å². The van der Waals surface area contributed by atoms with E-state index in [1.165, 1.54) is 539 Å². The van der Waals surface area contributed by atoms with Gasteiger partial charge in [-0.1, -0.05) is 439 Å². The van der Waals surface area contributed by atoms with Crippen LogP contribution >= 0.6 is 25.3 Å². The molecule has 0 aromatic carbocycles. The molecule has 720 valence electrons. The van der Waals surface area contributed by atoms with Crippen LogP contribution in [0, 0.1) is 0 Å². The molecule has 0 saturated carbocycles. The van der Waals surface area contributed by atoms with E-state index in [1.807, 2.05) is 0 Å². The molecule has 0 spiro atoms. The maximum absolute atomic E-state index is 10.4. The van der Waals surface area contributed by atoms with Gasteiger partial charge in [-0.15, -0.1) is 0 Å². The van der Waals surface area contributed by atoms with Crippen molar-refractivity contribution in [2.24, 2.45) is 0 Å². The minimum atomic E-state index is -0.712. The molecule has 0 aromatic rings. The summed E-state index contributed by atoms with van der Waals surface area (Å²) in [6, 6.07) is 0. The smallest absolute Gasteiger partial charge is 0.328 e. The van der Waals surface area contributed by atoms with E-state index in [0.29, 0.717) is 0 Å². The van der Waals surface area contributed by atoms with Crippen LogP contribution in [0.4, 0.5) is 0 Å². The Bertz CT molecular complexity index is 1300. The number of hydrogen-bond acceptors (Lipinski definition) is 9. The summed E-state index contributed by atoms with van der Waals surface area (Å²) in [6.07, 6.45) is 128. The molecule has 0 aromatic heterocycles. The van der Waals surface area contributed by atoms with Crippen LogP contribution in [0.25, 0.3) is 0 Å². The number of aliphatic hydroxyl groups is 1. The van der Waals surface area contributed by atoms with Crippen molar-refractivity contribution in [2.75, 3.05) is 36.2 Å². The minimum Gasteiger partial charge on any atom is -0.462 e. The fourth-order valence-corrected chi connectivity index (χ4v) is 23.3. The number of carbonyl (C=O) groups is 1. The Morgan fingerprint density at radius 3 is 0.504 bits per heavy atom. The van der Waals surface area contributed by atoms with E-state index in [2.05, 4.69) is 85.4 Å². The Kier molecular flexibility index (Phi) is 164. The summed E-state index contributed by atoms with van der Waals surface area (Å²) in [5.41, 5.74) is 0. The number of esters is 1. The van der Waals surface area contributed by atoms with Crippen molar-refractivity contribution in [3.05, 3.63) is 0 Å². The van der Waals surface area contributed by atoms with Crippen molar-refractivity contribution < 1.29 is 14.6 Å². The van der Waals surface area contributed by atoms with Gasteiger partial charge in [0.25, 0.3) is 0 Å². The summed E-state index contributed by atoms with van der Waals surface area (Å²) >= 11 is 27.3. The summed E-state index contributed by atoms with van der Waals surface area (Å²) in [4.78, 5) is 10.4. The summed E-state index contributed by atoms with van der Waals surface area (Å²) in [5.74, 6) is 3.30. The molecule has 0 unspecified atom stereocenters. The Morgan fingerprint density at radius 2 is 0.370 bits per heavy atom. The summed E-state index contributed by atoms with van der Waals surface area (Å²) < 4.78 is 10.3. The van der Waals surface area contributed by atoms with Crippen LogP contribution in [0.3, 0.4) is 0 Å². The number of aliphatic hydroxyl groups excluding tert-OH is 1. The first-order valence-corrected chi connectivity index (χ1v) is 66.0. The third-order valence-electron chi connectivity index (χ3n) is 23.4. The Balaban J connectivity index is -0.000000248. The molecule has 0 saturated heterocycles. The summed E-state index contributed by atoms with van der Waals surface area (Å²) in [7, 11) is 0. The molecule has 0 aliphatic rings. The zero-order valence-electron chi connectivity index (χ0n) is 83.2. The third kappa shape index (κ3) is 162. The standard InChI is InChI=1S/4C18H38S.4C8H17.C4H8O3S2.2Sn/c4*1-2-3-4-5-6-7-8-9-10-11-12-13-14-15-16-17-18-19;4*1-3-5-7-8-6-4-2;5-1-2-7-3(6)4(8)9;;/h4*19H,2-18H2,1H3;4*1,3-8H2,2H3;4-5,8-9H,1-2H2;;/q;;;;;;;;;;+2/p-4. The van der Waals surface area contributed by atoms with E-state index in [-0.39, 0.29) is 55.5 Å². The van der Waals surface area contributed by atoms with E-state index in [4.69, 9.17) is 55.6 Å². The monoisotopic (exact) mass is 2000 g/mol. The Morgan fingerprint density at radius 1 is 0.235 bits per heavy atom.